The van der Waals surface area contributed by atoms with Crippen LogP contribution in [0.25, 0.3) is 0 Å². The minimum Gasteiger partial charge on any atom is -0.488 e. The van der Waals surface area contributed by atoms with Crippen molar-refractivity contribution in [2.45, 2.75) is 19.4 Å². The molecule has 1 aromatic rings. The number of ether oxygens (including phenoxy) is 2. The van der Waals surface area contributed by atoms with Crippen molar-refractivity contribution in [1.82, 2.24) is 15.5 Å². The SMILES string of the molecule is CC(CNC(=NCC(=O)N(C)C)NCC1CCOC1)Oc1ccccc1Br. The number of hydrogen-bond acceptors (Lipinski definition) is 4. The van der Waals surface area contributed by atoms with Crippen molar-refractivity contribution >= 4 is 27.8 Å². The Kier molecular flexibility index (Phi) is 8.87. The number of para-hydroxylation sites is 1. The lowest BCUT2D eigenvalue weighted by atomic mass is 10.1. The van der Waals surface area contributed by atoms with E-state index >= 15 is 0 Å². The molecule has 2 rings (SSSR count). The first-order valence-electron chi connectivity index (χ1n) is 9.17. The third kappa shape index (κ3) is 7.76. The van der Waals surface area contributed by atoms with Gasteiger partial charge in [-0.05, 0) is 41.4 Å². The normalized spacial score (nSPS) is 18.1. The molecule has 27 heavy (non-hydrogen) atoms. The summed E-state index contributed by atoms with van der Waals surface area (Å²) >= 11 is 3.49. The van der Waals surface area contributed by atoms with Crippen molar-refractivity contribution in [3.63, 3.8) is 0 Å². The van der Waals surface area contributed by atoms with E-state index in [0.29, 0.717) is 18.4 Å². The highest BCUT2D eigenvalue weighted by Gasteiger charge is 2.16. The Bertz CT molecular complexity index is 633. The number of likely N-dealkylation sites (N-methyl/N-ethyl adjacent to an activating group) is 1. The van der Waals surface area contributed by atoms with Gasteiger partial charge in [0.25, 0.3) is 0 Å². The van der Waals surface area contributed by atoms with Crippen molar-refractivity contribution < 1.29 is 14.3 Å². The first-order valence-corrected chi connectivity index (χ1v) is 9.96. The van der Waals surface area contributed by atoms with Crippen molar-refractivity contribution in [3.05, 3.63) is 28.7 Å². The van der Waals surface area contributed by atoms with Crippen LogP contribution in [-0.2, 0) is 9.53 Å². The van der Waals surface area contributed by atoms with E-state index in [9.17, 15) is 4.79 Å². The summed E-state index contributed by atoms with van der Waals surface area (Å²) in [5, 5.41) is 6.57. The molecule has 7 nitrogen and oxygen atoms in total. The number of aliphatic imine (C=N–C) groups is 1. The smallest absolute Gasteiger partial charge is 0.243 e. The third-order valence-corrected chi connectivity index (χ3v) is 4.83. The zero-order valence-electron chi connectivity index (χ0n) is 16.2. The standard InChI is InChI=1S/C19H29BrN4O3/c1-14(27-17-7-5-4-6-16(17)20)10-21-19(23-12-18(25)24(2)3)22-11-15-8-9-26-13-15/h4-7,14-15H,8-13H2,1-3H3,(H2,21,22,23). The van der Waals surface area contributed by atoms with Gasteiger partial charge in [0.15, 0.2) is 5.96 Å². The Balaban J connectivity index is 1.88. The maximum atomic E-state index is 11.8. The van der Waals surface area contributed by atoms with Crippen LogP contribution in [0.3, 0.4) is 0 Å². The lowest BCUT2D eigenvalue weighted by molar-refractivity contribution is -0.127. The molecule has 0 radical (unpaired) electrons. The van der Waals surface area contributed by atoms with Gasteiger partial charge in [0.1, 0.15) is 18.4 Å². The molecule has 0 saturated carbocycles. The van der Waals surface area contributed by atoms with Crippen LogP contribution >= 0.6 is 15.9 Å². The van der Waals surface area contributed by atoms with E-state index in [1.54, 1.807) is 14.1 Å². The van der Waals surface area contributed by atoms with Crippen LogP contribution < -0.4 is 15.4 Å². The average molecular weight is 441 g/mol. The van der Waals surface area contributed by atoms with Gasteiger partial charge in [-0.3, -0.25) is 4.79 Å². The van der Waals surface area contributed by atoms with E-state index in [1.165, 1.54) is 4.90 Å². The maximum Gasteiger partial charge on any atom is 0.243 e. The number of nitrogens with one attached hydrogen (secondary N) is 2. The van der Waals surface area contributed by atoms with E-state index < -0.39 is 0 Å². The number of carbonyl (C=O) groups excluding carboxylic acids is 1. The molecule has 1 amide bonds. The highest BCUT2D eigenvalue weighted by atomic mass is 79.9. The van der Waals surface area contributed by atoms with E-state index in [-0.39, 0.29) is 18.6 Å². The van der Waals surface area contributed by atoms with Gasteiger partial charge >= 0.3 is 0 Å². The molecule has 2 N–H and O–H groups in total. The van der Waals surface area contributed by atoms with Crippen LogP contribution in [-0.4, -0.2) is 69.8 Å². The molecule has 2 atom stereocenters. The van der Waals surface area contributed by atoms with Gasteiger partial charge < -0.3 is 25.0 Å². The van der Waals surface area contributed by atoms with Crippen LogP contribution in [0.2, 0.25) is 0 Å². The Morgan fingerprint density at radius 3 is 2.85 bits per heavy atom. The van der Waals surface area contributed by atoms with Crippen LogP contribution in [0, 0.1) is 5.92 Å². The summed E-state index contributed by atoms with van der Waals surface area (Å²) in [4.78, 5) is 17.8. The number of halogens is 1. The molecule has 2 unspecified atom stereocenters. The third-order valence-electron chi connectivity index (χ3n) is 4.18. The zero-order valence-corrected chi connectivity index (χ0v) is 17.8. The van der Waals surface area contributed by atoms with Crippen LogP contribution in [0.5, 0.6) is 5.75 Å². The van der Waals surface area contributed by atoms with Crippen LogP contribution in [0.4, 0.5) is 0 Å². The summed E-state index contributed by atoms with van der Waals surface area (Å²) in [6.07, 6.45) is 0.966. The monoisotopic (exact) mass is 440 g/mol. The Morgan fingerprint density at radius 1 is 1.41 bits per heavy atom. The van der Waals surface area contributed by atoms with Gasteiger partial charge in [-0.2, -0.15) is 0 Å². The fourth-order valence-corrected chi connectivity index (χ4v) is 2.87. The van der Waals surface area contributed by atoms with E-state index in [4.69, 9.17) is 9.47 Å². The van der Waals surface area contributed by atoms with E-state index in [2.05, 4.69) is 31.6 Å². The topological polar surface area (TPSA) is 75.2 Å². The van der Waals surface area contributed by atoms with Gasteiger partial charge in [0, 0.05) is 33.2 Å². The molecule has 0 aliphatic carbocycles. The Labute approximate surface area is 169 Å². The minimum atomic E-state index is -0.0740. The Hall–Kier alpha value is -1.80. The highest BCUT2D eigenvalue weighted by molar-refractivity contribution is 9.10. The summed E-state index contributed by atoms with van der Waals surface area (Å²) in [7, 11) is 3.45. The number of nitrogens with zero attached hydrogens (tertiary/aromatic N) is 2. The molecule has 1 heterocycles. The van der Waals surface area contributed by atoms with Gasteiger partial charge in [0.2, 0.25) is 5.91 Å². The summed E-state index contributed by atoms with van der Waals surface area (Å²) in [6.45, 7) is 4.98. The number of hydrogen-bond donors (Lipinski definition) is 2. The molecule has 1 saturated heterocycles. The van der Waals surface area contributed by atoms with Gasteiger partial charge in [0.05, 0.1) is 17.6 Å². The number of benzene rings is 1. The van der Waals surface area contributed by atoms with Crippen LogP contribution in [0.15, 0.2) is 33.7 Å². The summed E-state index contributed by atoms with van der Waals surface area (Å²) in [6, 6.07) is 7.75. The first kappa shape index (κ1) is 21.5. The molecule has 0 aromatic heterocycles. The molecule has 1 aliphatic heterocycles. The Morgan fingerprint density at radius 2 is 2.19 bits per heavy atom. The fraction of sp³-hybridized carbons (Fsp3) is 0.579. The molecular weight excluding hydrogens is 412 g/mol. The zero-order chi connectivity index (χ0) is 19.6. The van der Waals surface area contributed by atoms with E-state index in [0.717, 1.165) is 36.4 Å². The molecule has 8 heteroatoms. The number of amides is 1. The largest absolute Gasteiger partial charge is 0.488 e. The number of guanidine groups is 1. The first-order chi connectivity index (χ1) is 13.0. The lowest BCUT2D eigenvalue weighted by Gasteiger charge is -2.19. The van der Waals surface area contributed by atoms with Gasteiger partial charge in [-0.15, -0.1) is 0 Å². The summed E-state index contributed by atoms with van der Waals surface area (Å²) in [5.74, 6) is 1.83. The number of rotatable bonds is 8. The van der Waals surface area contributed by atoms with Crippen molar-refractivity contribution in [3.8, 4) is 5.75 Å². The summed E-state index contributed by atoms with van der Waals surface area (Å²) in [5.41, 5.74) is 0. The second-order valence-electron chi connectivity index (χ2n) is 6.80. The predicted octanol–water partition coefficient (Wildman–Crippen LogP) is 1.88. The van der Waals surface area contributed by atoms with Crippen molar-refractivity contribution in [2.24, 2.45) is 10.9 Å². The maximum absolute atomic E-state index is 11.8. The lowest BCUT2D eigenvalue weighted by Crippen LogP contribution is -2.44. The molecular formula is C19H29BrN4O3. The molecule has 150 valence electrons. The fourth-order valence-electron chi connectivity index (χ4n) is 2.49. The molecule has 1 aliphatic rings. The van der Waals surface area contributed by atoms with Crippen molar-refractivity contribution in [2.75, 3.05) is 46.9 Å². The molecule has 1 aromatic carbocycles. The molecule has 1 fully saturated rings. The molecule has 0 bridgehead atoms. The highest BCUT2D eigenvalue weighted by Crippen LogP contribution is 2.24. The number of carbonyl (C=O) groups is 1. The average Bonchev–Trinajstić information content (AvgIpc) is 3.16. The second-order valence-corrected chi connectivity index (χ2v) is 7.66. The van der Waals surface area contributed by atoms with Crippen molar-refractivity contribution in [1.29, 1.82) is 0 Å². The van der Waals surface area contributed by atoms with Gasteiger partial charge in [-0.1, -0.05) is 12.1 Å². The van der Waals surface area contributed by atoms with Gasteiger partial charge in [-0.25, -0.2) is 4.99 Å². The molecule has 0 spiro atoms. The predicted molar refractivity (Wildman–Crippen MR) is 110 cm³/mol. The minimum absolute atomic E-state index is 0.0437. The van der Waals surface area contributed by atoms with Crippen LogP contribution in [0.1, 0.15) is 13.3 Å². The summed E-state index contributed by atoms with van der Waals surface area (Å²) < 4.78 is 12.3. The quantitative estimate of drug-likeness (QED) is 0.476. The second kappa shape index (κ2) is 11.1. The van der Waals surface area contributed by atoms with E-state index in [1.807, 2.05) is 31.2 Å².